The quantitative estimate of drug-likeness (QED) is 0.773. The van der Waals surface area contributed by atoms with Crippen LogP contribution in [0.3, 0.4) is 0 Å². The van der Waals surface area contributed by atoms with Crippen LogP contribution in [0.25, 0.3) is 0 Å². The Hall–Kier alpha value is -2.04. The minimum atomic E-state index is -1.00. The van der Waals surface area contributed by atoms with Crippen molar-refractivity contribution < 1.29 is 14.7 Å². The molecule has 90 valence electrons. The molecule has 5 heteroatoms. The van der Waals surface area contributed by atoms with Gasteiger partial charge >= 0.3 is 5.97 Å². The van der Waals surface area contributed by atoms with Crippen molar-refractivity contribution in [2.75, 3.05) is 17.3 Å². The summed E-state index contributed by atoms with van der Waals surface area (Å²) in [6, 6.07) is 4.70. The molecule has 1 aliphatic heterocycles. The summed E-state index contributed by atoms with van der Waals surface area (Å²) in [6.45, 7) is 3.58. The molecule has 0 spiro atoms. The number of nitrogens with zero attached hydrogens (tertiary/aromatic N) is 1. The molecule has 0 fully saturated rings. The molecule has 17 heavy (non-hydrogen) atoms. The summed E-state index contributed by atoms with van der Waals surface area (Å²) in [4.78, 5) is 24.4. The molecule has 2 rings (SSSR count). The zero-order valence-electron chi connectivity index (χ0n) is 9.94. The second-order valence-electron chi connectivity index (χ2n) is 4.65. The summed E-state index contributed by atoms with van der Waals surface area (Å²) < 4.78 is 0. The highest BCUT2D eigenvalue weighted by Crippen LogP contribution is 2.34. The molecule has 0 unspecified atom stereocenters. The lowest BCUT2D eigenvalue weighted by Gasteiger charge is -2.38. The lowest BCUT2D eigenvalue weighted by Crippen LogP contribution is -2.52. The standard InChI is InChI=1S/C12H14N2O3/c1-12(2)11(17)14(3)9-6-7(10(15)16)4-5-8(9)13-12/h4-6,13H,1-3H3,(H,15,16). The number of fused-ring (bicyclic) bond motifs is 1. The van der Waals surface area contributed by atoms with Crippen LogP contribution in [0.15, 0.2) is 18.2 Å². The van der Waals surface area contributed by atoms with E-state index < -0.39 is 11.5 Å². The molecule has 0 saturated carbocycles. The van der Waals surface area contributed by atoms with Crippen molar-refractivity contribution in [1.29, 1.82) is 0 Å². The van der Waals surface area contributed by atoms with Crippen LogP contribution in [0, 0.1) is 0 Å². The zero-order chi connectivity index (χ0) is 12.8. The van der Waals surface area contributed by atoms with Crippen LogP contribution in [0.5, 0.6) is 0 Å². The van der Waals surface area contributed by atoms with Gasteiger partial charge in [0.15, 0.2) is 0 Å². The van der Waals surface area contributed by atoms with Gasteiger partial charge in [-0.05, 0) is 32.0 Å². The van der Waals surface area contributed by atoms with Crippen molar-refractivity contribution >= 4 is 23.3 Å². The number of carboxylic acids is 1. The van der Waals surface area contributed by atoms with Crippen molar-refractivity contribution in [2.45, 2.75) is 19.4 Å². The number of rotatable bonds is 1. The van der Waals surface area contributed by atoms with E-state index in [-0.39, 0.29) is 11.5 Å². The van der Waals surface area contributed by atoms with Crippen LogP contribution >= 0.6 is 0 Å². The fraction of sp³-hybridized carbons (Fsp3) is 0.333. The van der Waals surface area contributed by atoms with Gasteiger partial charge in [-0.15, -0.1) is 0 Å². The van der Waals surface area contributed by atoms with Gasteiger partial charge in [0.1, 0.15) is 5.54 Å². The van der Waals surface area contributed by atoms with Gasteiger partial charge in [0, 0.05) is 7.05 Å². The van der Waals surface area contributed by atoms with Crippen LogP contribution in [0.1, 0.15) is 24.2 Å². The first-order valence-electron chi connectivity index (χ1n) is 5.26. The van der Waals surface area contributed by atoms with Crippen LogP contribution in [-0.4, -0.2) is 29.6 Å². The van der Waals surface area contributed by atoms with Gasteiger partial charge in [0.25, 0.3) is 5.91 Å². The number of carbonyl (C=O) groups excluding carboxylic acids is 1. The van der Waals surface area contributed by atoms with Gasteiger partial charge in [0.2, 0.25) is 0 Å². The Balaban J connectivity index is 2.54. The first-order chi connectivity index (χ1) is 7.83. The van der Waals surface area contributed by atoms with Crippen LogP contribution in [-0.2, 0) is 4.79 Å². The lowest BCUT2D eigenvalue weighted by molar-refractivity contribution is -0.121. The fourth-order valence-electron chi connectivity index (χ4n) is 1.97. The van der Waals surface area contributed by atoms with E-state index in [0.717, 1.165) is 5.69 Å². The van der Waals surface area contributed by atoms with E-state index in [4.69, 9.17) is 5.11 Å². The number of benzene rings is 1. The Morgan fingerprint density at radius 1 is 1.41 bits per heavy atom. The van der Waals surface area contributed by atoms with E-state index in [0.29, 0.717) is 5.69 Å². The maximum atomic E-state index is 12.0. The smallest absolute Gasteiger partial charge is 0.335 e. The second kappa shape index (κ2) is 3.48. The van der Waals surface area contributed by atoms with Gasteiger partial charge < -0.3 is 15.3 Å². The molecule has 1 aromatic rings. The Morgan fingerprint density at radius 3 is 2.65 bits per heavy atom. The van der Waals surface area contributed by atoms with E-state index >= 15 is 0 Å². The van der Waals surface area contributed by atoms with Crippen molar-refractivity contribution in [3.63, 3.8) is 0 Å². The molecule has 5 nitrogen and oxygen atoms in total. The third-order valence-electron chi connectivity index (χ3n) is 2.89. The minimum absolute atomic E-state index is 0.0902. The maximum absolute atomic E-state index is 12.0. The molecule has 1 amide bonds. The van der Waals surface area contributed by atoms with E-state index in [2.05, 4.69) is 5.32 Å². The van der Waals surface area contributed by atoms with Gasteiger partial charge in [-0.3, -0.25) is 4.79 Å². The van der Waals surface area contributed by atoms with Crippen LogP contribution in [0.4, 0.5) is 11.4 Å². The molecule has 1 heterocycles. The van der Waals surface area contributed by atoms with Crippen LogP contribution < -0.4 is 10.2 Å². The third-order valence-corrected chi connectivity index (χ3v) is 2.89. The molecule has 1 aliphatic rings. The van der Waals surface area contributed by atoms with E-state index in [1.54, 1.807) is 27.0 Å². The van der Waals surface area contributed by atoms with E-state index in [9.17, 15) is 9.59 Å². The minimum Gasteiger partial charge on any atom is -0.478 e. The number of likely N-dealkylation sites (N-methyl/N-ethyl adjacent to an activating group) is 1. The summed E-state index contributed by atoms with van der Waals surface area (Å²) in [5.41, 5.74) is 0.855. The van der Waals surface area contributed by atoms with Gasteiger partial charge in [0.05, 0.1) is 16.9 Å². The molecule has 2 N–H and O–H groups in total. The fourth-order valence-corrected chi connectivity index (χ4v) is 1.97. The number of anilines is 2. The lowest BCUT2D eigenvalue weighted by atomic mass is 9.98. The Bertz CT molecular complexity index is 508. The molecule has 1 aromatic carbocycles. The number of aromatic carboxylic acids is 1. The normalized spacial score (nSPS) is 17.4. The summed E-state index contributed by atoms with van der Waals surface area (Å²) in [7, 11) is 1.65. The molecule has 0 aliphatic carbocycles. The SMILES string of the molecule is CN1C(=O)C(C)(C)Nc2ccc(C(=O)O)cc21. The topological polar surface area (TPSA) is 69.6 Å². The van der Waals surface area contributed by atoms with Crippen molar-refractivity contribution in [3.8, 4) is 0 Å². The average Bonchev–Trinajstić information content (AvgIpc) is 2.25. The molecule has 0 aromatic heterocycles. The molecule has 0 radical (unpaired) electrons. The summed E-state index contributed by atoms with van der Waals surface area (Å²) in [6.07, 6.45) is 0. The zero-order valence-corrected chi connectivity index (χ0v) is 9.94. The number of nitrogens with one attached hydrogen (secondary N) is 1. The first-order valence-corrected chi connectivity index (χ1v) is 5.26. The highest BCUT2D eigenvalue weighted by atomic mass is 16.4. The molecular weight excluding hydrogens is 220 g/mol. The monoisotopic (exact) mass is 234 g/mol. The average molecular weight is 234 g/mol. The molecule has 0 bridgehead atoms. The number of amides is 1. The highest BCUT2D eigenvalue weighted by molar-refractivity contribution is 6.08. The Kier molecular flexibility index (Phi) is 2.34. The second-order valence-corrected chi connectivity index (χ2v) is 4.65. The number of hydrogen-bond donors (Lipinski definition) is 2. The number of hydrogen-bond acceptors (Lipinski definition) is 3. The summed E-state index contributed by atoms with van der Waals surface area (Å²) in [5.74, 6) is -1.09. The highest BCUT2D eigenvalue weighted by Gasteiger charge is 2.36. The van der Waals surface area contributed by atoms with E-state index in [1.165, 1.54) is 17.0 Å². The molecule has 0 atom stereocenters. The number of carboxylic acid groups (broad SMARTS) is 1. The van der Waals surface area contributed by atoms with E-state index in [1.807, 2.05) is 0 Å². The predicted molar refractivity (Wildman–Crippen MR) is 64.5 cm³/mol. The first kappa shape index (κ1) is 11.4. The van der Waals surface area contributed by atoms with Crippen LogP contribution in [0.2, 0.25) is 0 Å². The van der Waals surface area contributed by atoms with Crippen molar-refractivity contribution in [1.82, 2.24) is 0 Å². The van der Waals surface area contributed by atoms with Crippen molar-refractivity contribution in [3.05, 3.63) is 23.8 Å². The Morgan fingerprint density at radius 2 is 2.06 bits per heavy atom. The Labute approximate surface area is 99.0 Å². The van der Waals surface area contributed by atoms with Crippen molar-refractivity contribution in [2.24, 2.45) is 0 Å². The predicted octanol–water partition coefficient (Wildman–Crippen LogP) is 1.55. The van der Waals surface area contributed by atoms with Gasteiger partial charge in [-0.1, -0.05) is 0 Å². The molecular formula is C12H14N2O3. The molecule has 0 saturated heterocycles. The summed E-state index contributed by atoms with van der Waals surface area (Å²) in [5, 5.41) is 12.0. The van der Waals surface area contributed by atoms with Gasteiger partial charge in [-0.2, -0.15) is 0 Å². The largest absolute Gasteiger partial charge is 0.478 e. The summed E-state index contributed by atoms with van der Waals surface area (Å²) >= 11 is 0. The maximum Gasteiger partial charge on any atom is 0.335 e. The number of carbonyl (C=O) groups is 2. The third kappa shape index (κ3) is 1.73. The van der Waals surface area contributed by atoms with Gasteiger partial charge in [-0.25, -0.2) is 4.79 Å².